The zero-order valence-corrected chi connectivity index (χ0v) is 20.2. The zero-order valence-electron chi connectivity index (χ0n) is 19.4. The molecule has 0 aromatic heterocycles. The Bertz CT molecular complexity index is 1000. The number of rotatable bonds is 8. The van der Waals surface area contributed by atoms with E-state index in [0.717, 1.165) is 31.2 Å². The third-order valence-electron chi connectivity index (χ3n) is 5.32. The molecular weight excluding hydrogens is 478 g/mol. The SMILES string of the molecule is CCOC(=O)COc1ccc2c(c1)CCC[C@H](NC[C@H](O)c1cccc(Cl)c1)C2.O=C(O)C(=O)O. The highest BCUT2D eigenvalue weighted by atomic mass is 35.5. The Morgan fingerprint density at radius 3 is 2.51 bits per heavy atom. The van der Waals surface area contributed by atoms with E-state index < -0.39 is 18.0 Å². The Kier molecular flexibility index (Phi) is 11.5. The molecule has 0 bridgehead atoms. The van der Waals surface area contributed by atoms with Gasteiger partial charge in [0.2, 0.25) is 0 Å². The minimum absolute atomic E-state index is 0.0712. The summed E-state index contributed by atoms with van der Waals surface area (Å²) >= 11 is 6.02. The van der Waals surface area contributed by atoms with Crippen molar-refractivity contribution < 1.29 is 39.2 Å². The number of ether oxygens (including phenoxy) is 2. The molecule has 2 atom stereocenters. The molecular formula is C25H30ClNO8. The molecule has 10 heteroatoms. The average molecular weight is 508 g/mol. The predicted octanol–water partition coefficient (Wildman–Crippen LogP) is 3.01. The van der Waals surface area contributed by atoms with Gasteiger partial charge in [0.1, 0.15) is 5.75 Å². The molecule has 0 saturated heterocycles. The maximum absolute atomic E-state index is 11.5. The monoisotopic (exact) mass is 507 g/mol. The summed E-state index contributed by atoms with van der Waals surface area (Å²) in [5.41, 5.74) is 3.36. The van der Waals surface area contributed by atoms with E-state index in [9.17, 15) is 9.90 Å². The summed E-state index contributed by atoms with van der Waals surface area (Å²) < 4.78 is 10.5. The van der Waals surface area contributed by atoms with E-state index in [4.69, 9.17) is 40.9 Å². The number of esters is 1. The van der Waals surface area contributed by atoms with Gasteiger partial charge in [0.15, 0.2) is 6.61 Å². The molecule has 2 aromatic rings. The van der Waals surface area contributed by atoms with Crippen molar-refractivity contribution in [1.29, 1.82) is 0 Å². The van der Waals surface area contributed by atoms with Crippen molar-refractivity contribution >= 4 is 29.5 Å². The van der Waals surface area contributed by atoms with Crippen molar-refractivity contribution in [3.63, 3.8) is 0 Å². The maximum Gasteiger partial charge on any atom is 0.414 e. The first-order chi connectivity index (χ1) is 16.7. The second kappa shape index (κ2) is 14.3. The standard InChI is InChI=1S/C23H28ClNO4.C2H2O4/c1-2-28-23(27)15-29-21-10-9-17-12-20(8-4-5-16(17)13-21)25-14-22(26)18-6-3-7-19(24)11-18;3-1(4)2(5)6/h3,6-7,9-11,13,20,22,25-26H,2,4-5,8,12,14-15H2,1H3;(H,3,4)(H,5,6)/t20-,22-;/m0./s1. The van der Waals surface area contributed by atoms with Gasteiger partial charge in [-0.05, 0) is 73.6 Å². The highest BCUT2D eigenvalue weighted by molar-refractivity contribution is 6.30. The van der Waals surface area contributed by atoms with Crippen molar-refractivity contribution in [3.8, 4) is 5.75 Å². The van der Waals surface area contributed by atoms with E-state index in [1.54, 1.807) is 19.1 Å². The molecule has 0 radical (unpaired) electrons. The van der Waals surface area contributed by atoms with Crippen molar-refractivity contribution in [1.82, 2.24) is 5.32 Å². The van der Waals surface area contributed by atoms with Crippen molar-refractivity contribution in [2.45, 2.75) is 44.8 Å². The number of aryl methyl sites for hydroxylation is 1. The van der Waals surface area contributed by atoms with Crippen molar-refractivity contribution in [3.05, 3.63) is 64.2 Å². The molecule has 0 unspecified atom stereocenters. The van der Waals surface area contributed by atoms with E-state index in [0.29, 0.717) is 30.0 Å². The van der Waals surface area contributed by atoms with Crippen LogP contribution in [0.4, 0.5) is 0 Å². The van der Waals surface area contributed by atoms with Crippen molar-refractivity contribution in [2.24, 2.45) is 0 Å². The zero-order chi connectivity index (χ0) is 25.8. The highest BCUT2D eigenvalue weighted by Gasteiger charge is 2.19. The van der Waals surface area contributed by atoms with Crippen LogP contribution < -0.4 is 10.1 Å². The Labute approximate surface area is 208 Å². The Hall–Kier alpha value is -3.14. The van der Waals surface area contributed by atoms with Gasteiger partial charge in [0.25, 0.3) is 0 Å². The molecule has 0 spiro atoms. The third kappa shape index (κ3) is 9.94. The summed E-state index contributed by atoms with van der Waals surface area (Å²) in [6.07, 6.45) is 3.38. The molecule has 0 heterocycles. The number of nitrogens with one attached hydrogen (secondary N) is 1. The number of hydrogen-bond donors (Lipinski definition) is 4. The minimum atomic E-state index is -1.82. The lowest BCUT2D eigenvalue weighted by atomic mass is 10.0. The number of aliphatic hydroxyl groups is 1. The van der Waals surface area contributed by atoms with E-state index >= 15 is 0 Å². The van der Waals surface area contributed by atoms with Crippen LogP contribution in [0.1, 0.15) is 42.6 Å². The lowest BCUT2D eigenvalue weighted by Gasteiger charge is -2.20. The van der Waals surface area contributed by atoms with Gasteiger partial charge in [-0.3, -0.25) is 0 Å². The fraction of sp³-hybridized carbons (Fsp3) is 0.400. The number of carboxylic acid groups (broad SMARTS) is 2. The van der Waals surface area contributed by atoms with Crippen LogP contribution in [-0.4, -0.2) is 59.0 Å². The van der Waals surface area contributed by atoms with Crippen LogP contribution in [0.5, 0.6) is 5.75 Å². The molecule has 2 aromatic carbocycles. The first kappa shape index (κ1) is 28.1. The molecule has 4 N–H and O–H groups in total. The van der Waals surface area contributed by atoms with E-state index in [1.807, 2.05) is 24.3 Å². The largest absolute Gasteiger partial charge is 0.482 e. The fourth-order valence-electron chi connectivity index (χ4n) is 3.66. The third-order valence-corrected chi connectivity index (χ3v) is 5.56. The van der Waals surface area contributed by atoms with Gasteiger partial charge in [-0.25, -0.2) is 14.4 Å². The minimum Gasteiger partial charge on any atom is -0.482 e. The maximum atomic E-state index is 11.5. The van der Waals surface area contributed by atoms with Crippen LogP contribution in [0.3, 0.4) is 0 Å². The summed E-state index contributed by atoms with van der Waals surface area (Å²) in [5, 5.41) is 29.4. The molecule has 35 heavy (non-hydrogen) atoms. The molecule has 0 aliphatic heterocycles. The predicted molar refractivity (Wildman–Crippen MR) is 129 cm³/mol. The summed E-state index contributed by atoms with van der Waals surface area (Å²) in [6.45, 7) is 2.55. The van der Waals surface area contributed by atoms with Crippen LogP contribution in [0.2, 0.25) is 5.02 Å². The van der Waals surface area contributed by atoms with E-state index in [1.165, 1.54) is 11.1 Å². The average Bonchev–Trinajstić information content (AvgIpc) is 3.03. The summed E-state index contributed by atoms with van der Waals surface area (Å²) in [7, 11) is 0. The van der Waals surface area contributed by atoms with E-state index in [-0.39, 0.29) is 12.6 Å². The molecule has 0 amide bonds. The highest BCUT2D eigenvalue weighted by Crippen LogP contribution is 2.26. The van der Waals surface area contributed by atoms with Gasteiger partial charge in [0.05, 0.1) is 12.7 Å². The second-order valence-corrected chi connectivity index (χ2v) is 8.34. The van der Waals surface area contributed by atoms with Crippen molar-refractivity contribution in [2.75, 3.05) is 19.8 Å². The van der Waals surface area contributed by atoms with Crippen LogP contribution in [-0.2, 0) is 32.0 Å². The van der Waals surface area contributed by atoms with Gasteiger partial charge in [-0.2, -0.15) is 0 Å². The molecule has 9 nitrogen and oxygen atoms in total. The number of halogens is 1. The van der Waals surface area contributed by atoms with Crippen LogP contribution in [0, 0.1) is 0 Å². The Morgan fingerprint density at radius 2 is 1.86 bits per heavy atom. The summed E-state index contributed by atoms with van der Waals surface area (Å²) in [6, 6.07) is 13.6. The quantitative estimate of drug-likeness (QED) is 0.241. The molecule has 1 aliphatic rings. The number of carboxylic acids is 2. The first-order valence-electron chi connectivity index (χ1n) is 11.2. The van der Waals surface area contributed by atoms with E-state index in [2.05, 4.69) is 11.4 Å². The van der Waals surface area contributed by atoms with Crippen LogP contribution in [0.15, 0.2) is 42.5 Å². The van der Waals surface area contributed by atoms with Crippen LogP contribution in [0.25, 0.3) is 0 Å². The van der Waals surface area contributed by atoms with Crippen LogP contribution >= 0.6 is 11.6 Å². The van der Waals surface area contributed by atoms with Gasteiger partial charge < -0.3 is 30.1 Å². The number of carbonyl (C=O) groups is 3. The number of carbonyl (C=O) groups excluding carboxylic acids is 1. The fourth-order valence-corrected chi connectivity index (χ4v) is 3.86. The lowest BCUT2D eigenvalue weighted by molar-refractivity contribution is -0.159. The van der Waals surface area contributed by atoms with Gasteiger partial charge in [0, 0.05) is 17.6 Å². The normalized spacial score (nSPS) is 15.5. The van der Waals surface area contributed by atoms with Gasteiger partial charge >= 0.3 is 17.9 Å². The number of benzene rings is 2. The number of aliphatic hydroxyl groups excluding tert-OH is 1. The second-order valence-electron chi connectivity index (χ2n) is 7.91. The number of aliphatic carboxylic acids is 2. The molecule has 3 rings (SSSR count). The number of hydrogen-bond acceptors (Lipinski definition) is 7. The molecule has 1 aliphatic carbocycles. The number of fused-ring (bicyclic) bond motifs is 1. The Morgan fingerprint density at radius 1 is 1.11 bits per heavy atom. The molecule has 0 fully saturated rings. The van der Waals surface area contributed by atoms with Gasteiger partial charge in [-0.1, -0.05) is 29.8 Å². The Balaban J connectivity index is 0.000000641. The lowest BCUT2D eigenvalue weighted by Crippen LogP contribution is -2.34. The summed E-state index contributed by atoms with van der Waals surface area (Å²) in [5.74, 6) is -3.31. The summed E-state index contributed by atoms with van der Waals surface area (Å²) in [4.78, 5) is 29.7. The van der Waals surface area contributed by atoms with Gasteiger partial charge in [-0.15, -0.1) is 0 Å². The smallest absolute Gasteiger partial charge is 0.414 e. The first-order valence-corrected chi connectivity index (χ1v) is 11.6. The topological polar surface area (TPSA) is 142 Å². The molecule has 190 valence electrons. The molecule has 0 saturated carbocycles.